The second kappa shape index (κ2) is 6.35. The molecule has 1 unspecified atom stereocenters. The second-order valence-corrected chi connectivity index (χ2v) is 5.91. The first-order valence-electron chi connectivity index (χ1n) is 7.86. The van der Waals surface area contributed by atoms with E-state index < -0.39 is 0 Å². The summed E-state index contributed by atoms with van der Waals surface area (Å²) in [5.41, 5.74) is 8.03. The van der Waals surface area contributed by atoms with E-state index in [-0.39, 0.29) is 0 Å². The van der Waals surface area contributed by atoms with Crippen molar-refractivity contribution in [1.29, 1.82) is 0 Å². The topological polar surface area (TPSA) is 67.3 Å². The number of nitrogens with two attached hydrogens (primary N) is 1. The normalized spacial score (nSPS) is 20.0. The quantitative estimate of drug-likeness (QED) is 0.653. The van der Waals surface area contributed by atoms with Crippen LogP contribution in [0.5, 0.6) is 0 Å². The van der Waals surface area contributed by atoms with Gasteiger partial charge in [0, 0.05) is 24.8 Å². The third-order valence-electron chi connectivity index (χ3n) is 4.25. The van der Waals surface area contributed by atoms with E-state index in [9.17, 15) is 0 Å². The minimum Gasteiger partial charge on any atom is -0.424 e. The molecule has 5 nitrogen and oxygen atoms in total. The molecular weight excluding hydrogens is 264 g/mol. The summed E-state index contributed by atoms with van der Waals surface area (Å²) in [6, 6.07) is 6.83. The molecule has 2 heterocycles. The number of nitrogens with one attached hydrogen (secondary N) is 1. The Morgan fingerprint density at radius 1 is 1.43 bits per heavy atom. The van der Waals surface area contributed by atoms with Gasteiger partial charge in [-0.25, -0.2) is 0 Å². The van der Waals surface area contributed by atoms with Gasteiger partial charge in [0.1, 0.15) is 5.52 Å². The van der Waals surface area contributed by atoms with E-state index in [4.69, 9.17) is 10.2 Å². The van der Waals surface area contributed by atoms with Crippen molar-refractivity contribution in [2.45, 2.75) is 38.6 Å². The van der Waals surface area contributed by atoms with Gasteiger partial charge in [0.05, 0.1) is 0 Å². The number of anilines is 2. The van der Waals surface area contributed by atoms with Gasteiger partial charge >= 0.3 is 0 Å². The molecule has 1 aliphatic rings. The van der Waals surface area contributed by atoms with Crippen LogP contribution in [0.1, 0.15) is 32.6 Å². The fraction of sp³-hybridized carbons (Fsp3) is 0.562. The minimum atomic E-state index is 0.585. The molecule has 21 heavy (non-hydrogen) atoms. The summed E-state index contributed by atoms with van der Waals surface area (Å²) < 4.78 is 5.64. The smallest absolute Gasteiger partial charge is 0.295 e. The van der Waals surface area contributed by atoms with Crippen LogP contribution in [0.2, 0.25) is 0 Å². The van der Waals surface area contributed by atoms with E-state index in [2.05, 4.69) is 22.1 Å². The Morgan fingerprint density at radius 2 is 2.33 bits per heavy atom. The maximum Gasteiger partial charge on any atom is 0.295 e. The summed E-state index contributed by atoms with van der Waals surface area (Å²) >= 11 is 0. The van der Waals surface area contributed by atoms with Gasteiger partial charge in [-0.3, -0.25) is 0 Å². The standard InChI is InChI=1S/C16H24N4O/c1-12-5-2-3-9-20(12)10-4-8-18-16-19-14-11-13(17)6-7-15(14)21-16/h6-7,11-12H,2-5,8-10,17H2,1H3,(H,18,19). The van der Waals surface area contributed by atoms with E-state index in [1.54, 1.807) is 0 Å². The molecule has 0 amide bonds. The molecule has 1 atom stereocenters. The average Bonchev–Trinajstić information content (AvgIpc) is 2.87. The van der Waals surface area contributed by atoms with E-state index in [1.807, 2.05) is 18.2 Å². The molecule has 1 aromatic heterocycles. The van der Waals surface area contributed by atoms with Gasteiger partial charge in [-0.05, 0) is 50.9 Å². The van der Waals surface area contributed by atoms with Crippen molar-refractivity contribution >= 4 is 22.8 Å². The van der Waals surface area contributed by atoms with Gasteiger partial charge in [0.2, 0.25) is 0 Å². The maximum atomic E-state index is 5.74. The number of nitrogens with zero attached hydrogens (tertiary/aromatic N) is 2. The van der Waals surface area contributed by atoms with Crippen LogP contribution in [0.3, 0.4) is 0 Å². The molecule has 1 aliphatic heterocycles. The van der Waals surface area contributed by atoms with Crippen LogP contribution < -0.4 is 11.1 Å². The predicted molar refractivity (Wildman–Crippen MR) is 86.4 cm³/mol. The Hall–Kier alpha value is -1.75. The highest BCUT2D eigenvalue weighted by Gasteiger charge is 2.17. The summed E-state index contributed by atoms with van der Waals surface area (Å²) in [4.78, 5) is 6.98. The van der Waals surface area contributed by atoms with Crippen LogP contribution in [0.25, 0.3) is 11.1 Å². The second-order valence-electron chi connectivity index (χ2n) is 5.91. The first-order valence-corrected chi connectivity index (χ1v) is 7.86. The van der Waals surface area contributed by atoms with Crippen molar-refractivity contribution in [1.82, 2.24) is 9.88 Å². The molecule has 3 rings (SSSR count). The van der Waals surface area contributed by atoms with E-state index in [0.717, 1.165) is 36.7 Å². The molecule has 0 radical (unpaired) electrons. The summed E-state index contributed by atoms with van der Waals surface area (Å²) in [5.74, 6) is 0. The first-order chi connectivity index (χ1) is 10.2. The van der Waals surface area contributed by atoms with Crippen LogP contribution in [-0.2, 0) is 0 Å². The number of aromatic nitrogens is 1. The van der Waals surface area contributed by atoms with Crippen molar-refractivity contribution in [2.24, 2.45) is 0 Å². The van der Waals surface area contributed by atoms with E-state index in [0.29, 0.717) is 11.7 Å². The summed E-state index contributed by atoms with van der Waals surface area (Å²) in [6.07, 6.45) is 5.15. The largest absolute Gasteiger partial charge is 0.424 e. The van der Waals surface area contributed by atoms with Crippen LogP contribution in [-0.4, -0.2) is 35.6 Å². The number of likely N-dealkylation sites (tertiary alicyclic amines) is 1. The molecule has 3 N–H and O–H groups in total. The Morgan fingerprint density at radius 3 is 3.19 bits per heavy atom. The van der Waals surface area contributed by atoms with Crippen molar-refractivity contribution in [2.75, 3.05) is 30.7 Å². The molecule has 0 spiro atoms. The number of benzene rings is 1. The highest BCUT2D eigenvalue weighted by molar-refractivity contribution is 5.78. The number of hydrogen-bond acceptors (Lipinski definition) is 5. The SMILES string of the molecule is CC1CCCCN1CCCNc1nc2cc(N)ccc2o1. The molecule has 0 bridgehead atoms. The fourth-order valence-electron chi connectivity index (χ4n) is 2.99. The first kappa shape index (κ1) is 14.2. The minimum absolute atomic E-state index is 0.585. The average molecular weight is 288 g/mol. The number of piperidine rings is 1. The third-order valence-corrected chi connectivity index (χ3v) is 4.25. The van der Waals surface area contributed by atoms with Gasteiger partial charge in [-0.1, -0.05) is 6.42 Å². The maximum absolute atomic E-state index is 5.74. The van der Waals surface area contributed by atoms with Crippen LogP contribution in [0.4, 0.5) is 11.7 Å². The Kier molecular flexibility index (Phi) is 4.29. The lowest BCUT2D eigenvalue weighted by Gasteiger charge is -2.33. The number of rotatable bonds is 5. The van der Waals surface area contributed by atoms with Gasteiger partial charge < -0.3 is 20.4 Å². The Balaban J connectivity index is 1.48. The molecule has 1 saturated heterocycles. The zero-order valence-corrected chi connectivity index (χ0v) is 12.6. The lowest BCUT2D eigenvalue weighted by molar-refractivity contribution is 0.160. The number of nitrogen functional groups attached to an aromatic ring is 1. The molecule has 5 heteroatoms. The van der Waals surface area contributed by atoms with Gasteiger partial charge in [0.15, 0.2) is 5.58 Å². The Labute approximate surface area is 125 Å². The lowest BCUT2D eigenvalue weighted by atomic mass is 10.0. The molecule has 1 aromatic carbocycles. The van der Waals surface area contributed by atoms with Crippen LogP contribution in [0, 0.1) is 0 Å². The van der Waals surface area contributed by atoms with E-state index >= 15 is 0 Å². The third kappa shape index (κ3) is 3.47. The number of oxazole rings is 1. The van der Waals surface area contributed by atoms with Gasteiger partial charge in [0.25, 0.3) is 6.01 Å². The number of hydrogen-bond donors (Lipinski definition) is 2. The zero-order valence-electron chi connectivity index (χ0n) is 12.6. The lowest BCUT2D eigenvalue weighted by Crippen LogP contribution is -2.38. The van der Waals surface area contributed by atoms with Gasteiger partial charge in [-0.2, -0.15) is 4.98 Å². The molecular formula is C16H24N4O. The molecule has 0 saturated carbocycles. The summed E-state index contributed by atoms with van der Waals surface area (Å²) in [6.45, 7) is 5.59. The Bertz CT molecular complexity index is 595. The van der Waals surface area contributed by atoms with E-state index in [1.165, 1.54) is 25.8 Å². The fourth-order valence-corrected chi connectivity index (χ4v) is 2.99. The summed E-state index contributed by atoms with van der Waals surface area (Å²) in [7, 11) is 0. The highest BCUT2D eigenvalue weighted by Crippen LogP contribution is 2.21. The van der Waals surface area contributed by atoms with Crippen molar-refractivity contribution in [3.05, 3.63) is 18.2 Å². The van der Waals surface area contributed by atoms with Crippen LogP contribution >= 0.6 is 0 Å². The number of fused-ring (bicyclic) bond motifs is 1. The van der Waals surface area contributed by atoms with Crippen molar-refractivity contribution < 1.29 is 4.42 Å². The molecule has 0 aliphatic carbocycles. The predicted octanol–water partition coefficient (Wildman–Crippen LogP) is 3.09. The van der Waals surface area contributed by atoms with Gasteiger partial charge in [-0.15, -0.1) is 0 Å². The highest BCUT2D eigenvalue weighted by atomic mass is 16.4. The zero-order chi connectivity index (χ0) is 14.7. The molecule has 114 valence electrons. The van der Waals surface area contributed by atoms with Crippen molar-refractivity contribution in [3.63, 3.8) is 0 Å². The van der Waals surface area contributed by atoms with Crippen molar-refractivity contribution in [3.8, 4) is 0 Å². The monoisotopic (exact) mass is 288 g/mol. The molecule has 1 fully saturated rings. The summed E-state index contributed by atoms with van der Waals surface area (Å²) in [5, 5.41) is 3.26. The van der Waals surface area contributed by atoms with Crippen LogP contribution in [0.15, 0.2) is 22.6 Å². The molecule has 2 aromatic rings.